The van der Waals surface area contributed by atoms with Crippen molar-refractivity contribution in [3.05, 3.63) is 93.4 Å². The zero-order valence-electron chi connectivity index (χ0n) is 16.1. The van der Waals surface area contributed by atoms with Gasteiger partial charge in [-0.2, -0.15) is 4.73 Å². The molecular formula is C22H22N2O4. The zero-order chi connectivity index (χ0) is 20.1. The summed E-state index contributed by atoms with van der Waals surface area (Å²) in [6, 6.07) is 16.1. The molecule has 0 unspecified atom stereocenters. The Kier molecular flexibility index (Phi) is 5.79. The second kappa shape index (κ2) is 8.43. The van der Waals surface area contributed by atoms with Gasteiger partial charge in [0, 0.05) is 11.9 Å². The van der Waals surface area contributed by atoms with Gasteiger partial charge in [0.05, 0.1) is 7.11 Å². The van der Waals surface area contributed by atoms with Gasteiger partial charge >= 0.3 is 0 Å². The summed E-state index contributed by atoms with van der Waals surface area (Å²) in [5, 5.41) is 2.80. The van der Waals surface area contributed by atoms with E-state index in [2.05, 4.69) is 5.32 Å². The lowest BCUT2D eigenvalue weighted by molar-refractivity contribution is 0.0862. The lowest BCUT2D eigenvalue weighted by Gasteiger charge is -2.12. The predicted octanol–water partition coefficient (Wildman–Crippen LogP) is 3.35. The van der Waals surface area contributed by atoms with E-state index >= 15 is 0 Å². The van der Waals surface area contributed by atoms with Gasteiger partial charge in [-0.05, 0) is 60.9 Å². The molecule has 2 aromatic carbocycles. The average Bonchev–Trinajstić information content (AvgIpc) is 2.70. The number of rotatable bonds is 6. The van der Waals surface area contributed by atoms with E-state index in [0.717, 1.165) is 21.4 Å². The molecule has 0 bridgehead atoms. The van der Waals surface area contributed by atoms with E-state index in [0.29, 0.717) is 11.4 Å². The van der Waals surface area contributed by atoms with Crippen LogP contribution in [0.5, 0.6) is 5.75 Å². The summed E-state index contributed by atoms with van der Waals surface area (Å²) in [6.07, 6.45) is 1.48. The van der Waals surface area contributed by atoms with E-state index in [4.69, 9.17) is 9.57 Å². The van der Waals surface area contributed by atoms with Crippen molar-refractivity contribution in [1.82, 2.24) is 4.73 Å². The maximum atomic E-state index is 12.6. The predicted molar refractivity (Wildman–Crippen MR) is 108 cm³/mol. The number of carbonyl (C=O) groups excluding carboxylic acids is 1. The molecule has 1 aromatic heterocycles. The van der Waals surface area contributed by atoms with Crippen LogP contribution in [0.25, 0.3) is 0 Å². The van der Waals surface area contributed by atoms with Gasteiger partial charge in [0.1, 0.15) is 17.9 Å². The van der Waals surface area contributed by atoms with E-state index in [-0.39, 0.29) is 12.2 Å². The minimum Gasteiger partial charge on any atom is -0.497 e. The molecule has 1 heterocycles. The first-order chi connectivity index (χ1) is 13.5. The number of amides is 1. The second-order valence-electron chi connectivity index (χ2n) is 6.38. The Labute approximate surface area is 163 Å². The Bertz CT molecular complexity index is 1060. The Morgan fingerprint density at radius 1 is 1.07 bits per heavy atom. The Morgan fingerprint density at radius 2 is 1.86 bits per heavy atom. The van der Waals surface area contributed by atoms with Crippen LogP contribution in [0, 0.1) is 13.8 Å². The van der Waals surface area contributed by atoms with E-state index in [1.807, 2.05) is 50.2 Å². The molecule has 1 N–H and O–H groups in total. The molecule has 0 fully saturated rings. The van der Waals surface area contributed by atoms with Crippen molar-refractivity contribution in [3.8, 4) is 5.75 Å². The summed E-state index contributed by atoms with van der Waals surface area (Å²) in [4.78, 5) is 30.8. The normalized spacial score (nSPS) is 10.4. The number of hydrogen-bond donors (Lipinski definition) is 1. The number of nitrogens with zero attached hydrogens (tertiary/aromatic N) is 1. The maximum Gasteiger partial charge on any atom is 0.295 e. The van der Waals surface area contributed by atoms with Crippen LogP contribution in [0.4, 0.5) is 5.69 Å². The third-order valence-corrected chi connectivity index (χ3v) is 4.52. The number of hydrogen-bond acceptors (Lipinski definition) is 4. The molecule has 0 aliphatic heterocycles. The van der Waals surface area contributed by atoms with Crippen LogP contribution >= 0.6 is 0 Å². The molecule has 144 valence electrons. The number of anilines is 1. The van der Waals surface area contributed by atoms with Crippen LogP contribution in [-0.4, -0.2) is 17.7 Å². The smallest absolute Gasteiger partial charge is 0.295 e. The molecule has 28 heavy (non-hydrogen) atoms. The van der Waals surface area contributed by atoms with Crippen molar-refractivity contribution >= 4 is 11.6 Å². The van der Waals surface area contributed by atoms with Gasteiger partial charge in [0.15, 0.2) is 0 Å². The van der Waals surface area contributed by atoms with Gasteiger partial charge in [0.25, 0.3) is 11.5 Å². The van der Waals surface area contributed by atoms with Gasteiger partial charge in [-0.3, -0.25) is 9.59 Å². The molecule has 3 aromatic rings. The number of pyridine rings is 1. The van der Waals surface area contributed by atoms with E-state index in [1.165, 1.54) is 12.3 Å². The molecular weight excluding hydrogens is 356 g/mol. The fourth-order valence-corrected chi connectivity index (χ4v) is 2.73. The number of aromatic nitrogens is 1. The number of ether oxygens (including phenoxy) is 1. The lowest BCUT2D eigenvalue weighted by Crippen LogP contribution is -2.32. The van der Waals surface area contributed by atoms with Crippen LogP contribution in [0.1, 0.15) is 27.0 Å². The first-order valence-electron chi connectivity index (χ1n) is 8.85. The summed E-state index contributed by atoms with van der Waals surface area (Å²) in [6.45, 7) is 4.05. The monoisotopic (exact) mass is 378 g/mol. The molecule has 0 saturated heterocycles. The molecule has 0 aliphatic rings. The number of methoxy groups -OCH3 is 1. The Balaban J connectivity index is 1.77. The van der Waals surface area contributed by atoms with Gasteiger partial charge in [0.2, 0.25) is 0 Å². The van der Waals surface area contributed by atoms with Crippen molar-refractivity contribution in [2.45, 2.75) is 20.5 Å². The SMILES string of the molecule is COc1cccc(COn2cccc(C(=O)Nc3cccc(C)c3C)c2=O)c1. The lowest BCUT2D eigenvalue weighted by atomic mass is 10.1. The molecule has 6 nitrogen and oxygen atoms in total. The van der Waals surface area contributed by atoms with Crippen molar-refractivity contribution < 1.29 is 14.4 Å². The topological polar surface area (TPSA) is 69.6 Å². The first kappa shape index (κ1) is 19.2. The summed E-state index contributed by atoms with van der Waals surface area (Å²) in [5.74, 6) is 0.230. The highest BCUT2D eigenvalue weighted by molar-refractivity contribution is 6.04. The first-order valence-corrected chi connectivity index (χ1v) is 8.85. The molecule has 0 radical (unpaired) electrons. The quantitative estimate of drug-likeness (QED) is 0.714. The van der Waals surface area contributed by atoms with Crippen LogP contribution < -0.4 is 20.5 Å². The molecule has 0 atom stereocenters. The Hall–Kier alpha value is -3.54. The van der Waals surface area contributed by atoms with E-state index in [9.17, 15) is 9.59 Å². The highest BCUT2D eigenvalue weighted by Crippen LogP contribution is 2.18. The van der Waals surface area contributed by atoms with Gasteiger partial charge in [-0.25, -0.2) is 0 Å². The number of carbonyl (C=O) groups is 1. The number of nitrogens with one attached hydrogen (secondary N) is 1. The Morgan fingerprint density at radius 3 is 2.64 bits per heavy atom. The molecule has 0 spiro atoms. The number of benzene rings is 2. The molecule has 0 aliphatic carbocycles. The van der Waals surface area contributed by atoms with Crippen LogP contribution in [0.3, 0.4) is 0 Å². The minimum absolute atomic E-state index is 0.00838. The maximum absolute atomic E-state index is 12.6. The third kappa shape index (κ3) is 4.23. The minimum atomic E-state index is -0.520. The second-order valence-corrected chi connectivity index (χ2v) is 6.38. The fraction of sp³-hybridized carbons (Fsp3) is 0.182. The third-order valence-electron chi connectivity index (χ3n) is 4.52. The fourth-order valence-electron chi connectivity index (χ4n) is 2.73. The van der Waals surface area contributed by atoms with Crippen LogP contribution in [0.15, 0.2) is 65.6 Å². The summed E-state index contributed by atoms with van der Waals surface area (Å²) in [5.41, 5.74) is 3.03. The van der Waals surface area contributed by atoms with Crippen molar-refractivity contribution in [2.24, 2.45) is 0 Å². The summed E-state index contributed by atoms with van der Waals surface area (Å²) in [7, 11) is 1.59. The average molecular weight is 378 g/mol. The van der Waals surface area contributed by atoms with Crippen molar-refractivity contribution in [1.29, 1.82) is 0 Å². The summed E-state index contributed by atoms with van der Waals surface area (Å²) >= 11 is 0. The molecule has 6 heteroatoms. The largest absolute Gasteiger partial charge is 0.497 e. The highest BCUT2D eigenvalue weighted by atomic mass is 16.7. The van der Waals surface area contributed by atoms with E-state index in [1.54, 1.807) is 19.2 Å². The number of aryl methyl sites for hydroxylation is 1. The van der Waals surface area contributed by atoms with Gasteiger partial charge in [-0.1, -0.05) is 24.3 Å². The van der Waals surface area contributed by atoms with Gasteiger partial charge < -0.3 is 14.9 Å². The zero-order valence-corrected chi connectivity index (χ0v) is 16.1. The molecule has 3 rings (SSSR count). The van der Waals surface area contributed by atoms with Gasteiger partial charge in [-0.15, -0.1) is 0 Å². The van der Waals surface area contributed by atoms with E-state index < -0.39 is 11.5 Å². The molecule has 1 amide bonds. The van der Waals surface area contributed by atoms with Crippen molar-refractivity contribution in [2.75, 3.05) is 12.4 Å². The van der Waals surface area contributed by atoms with Crippen molar-refractivity contribution in [3.63, 3.8) is 0 Å². The van der Waals surface area contributed by atoms with Crippen LogP contribution in [-0.2, 0) is 6.61 Å². The standard InChI is InChI=1S/C22H22N2O4/c1-15-7-4-11-20(16(15)2)23-21(25)19-10-6-12-24(22(19)26)28-14-17-8-5-9-18(13-17)27-3/h4-13H,14H2,1-3H3,(H,23,25). The summed E-state index contributed by atoms with van der Waals surface area (Å²) < 4.78 is 6.25. The molecule has 0 saturated carbocycles. The van der Waals surface area contributed by atoms with Crippen LogP contribution in [0.2, 0.25) is 0 Å². The highest BCUT2D eigenvalue weighted by Gasteiger charge is 2.14.